The molecule has 0 heterocycles. The first-order valence-electron chi connectivity index (χ1n) is 0.183. The van der Waals surface area contributed by atoms with E-state index in [1.54, 1.807) is 0 Å². The van der Waals surface area contributed by atoms with Crippen molar-refractivity contribution < 1.29 is 117 Å². The molecule has 0 aliphatic carbocycles. The number of hydrogen-bond acceptors (Lipinski definition) is 1. The van der Waals surface area contributed by atoms with Crippen LogP contribution in [0.5, 0.6) is 0 Å². The summed E-state index contributed by atoms with van der Waals surface area (Å²) in [6, 6.07) is 0. The molecule has 0 saturated carbocycles. The Morgan fingerprint density at radius 2 is 1.40 bits per heavy atom. The molecule has 0 saturated heterocycles. The van der Waals surface area contributed by atoms with Crippen molar-refractivity contribution in [3.05, 3.63) is 0 Å². The maximum Gasteiger partial charge on any atom is 0 e. The van der Waals surface area contributed by atoms with Crippen LogP contribution in [0, 0.1) is 35.6 Å². The molecular weight excluding hydrogens is 450 g/mol. The predicted octanol–water partition coefficient (Wildman–Crippen LogP) is -3.01. The molecule has 0 aromatic rings. The minimum atomic E-state index is 0. The standard InChI is InChI=1S/La.Na.O.Ta.Zr.H/q;+1;;;;-1. The van der Waals surface area contributed by atoms with Gasteiger partial charge in [0.15, 0.2) is 0 Å². The van der Waals surface area contributed by atoms with E-state index in [-0.39, 0.29) is 114 Å². The summed E-state index contributed by atoms with van der Waals surface area (Å²) in [5, 5.41) is 0. The molecule has 1 nitrogen and oxygen atoms in total. The predicted molar refractivity (Wildman–Crippen MR) is 1.80 cm³/mol. The van der Waals surface area contributed by atoms with Crippen molar-refractivity contribution in [2.75, 3.05) is 0 Å². The third-order valence-corrected chi connectivity index (χ3v) is 0. The van der Waals surface area contributed by atoms with Gasteiger partial charge in [0.1, 0.15) is 0 Å². The molecule has 5 heteroatoms. The van der Waals surface area contributed by atoms with Crippen LogP contribution < -0.4 is 29.6 Å². The Bertz CT molecular complexity index is 15.5. The second-order valence-corrected chi connectivity index (χ2v) is 0. The molecular formula is HLaNaOTaZr. The fraction of sp³-hybridized carbons (Fsp3) is 0. The van der Waals surface area contributed by atoms with Gasteiger partial charge in [0.2, 0.25) is 0 Å². The van der Waals surface area contributed by atoms with Crippen molar-refractivity contribution in [1.29, 1.82) is 0 Å². The zero-order valence-corrected chi connectivity index (χ0v) is 14.2. The third-order valence-electron chi connectivity index (χ3n) is 0. The summed E-state index contributed by atoms with van der Waals surface area (Å²) in [5.41, 5.74) is 0. The van der Waals surface area contributed by atoms with Gasteiger partial charge < -0.3 is 1.43 Å². The normalized spacial score (nSPS) is 0.600. The Morgan fingerprint density at radius 3 is 1.40 bits per heavy atom. The van der Waals surface area contributed by atoms with E-state index in [1.165, 1.54) is 0 Å². The van der Waals surface area contributed by atoms with E-state index < -0.39 is 0 Å². The zero-order valence-electron chi connectivity index (χ0n) is 3.93. The van der Waals surface area contributed by atoms with Gasteiger partial charge in [-0.2, -0.15) is 0 Å². The molecule has 0 aromatic carbocycles. The van der Waals surface area contributed by atoms with Crippen molar-refractivity contribution in [3.63, 3.8) is 0 Å². The molecule has 0 rings (SSSR count). The third kappa shape index (κ3) is 18.4. The van der Waals surface area contributed by atoms with Gasteiger partial charge in [-0.15, -0.1) is 0 Å². The van der Waals surface area contributed by atoms with E-state index in [4.69, 9.17) is 3.25 Å². The first-order chi connectivity index (χ1) is 1.00. The van der Waals surface area contributed by atoms with E-state index in [2.05, 4.69) is 0 Å². The van der Waals surface area contributed by atoms with Gasteiger partial charge in [0.05, 0.1) is 0 Å². The van der Waals surface area contributed by atoms with E-state index in [9.17, 15) is 0 Å². The van der Waals surface area contributed by atoms with Gasteiger partial charge in [-0.05, 0) is 0 Å². The minimum Gasteiger partial charge on any atom is 0 e. The first kappa shape index (κ1) is 23.5. The Morgan fingerprint density at radius 1 is 1.40 bits per heavy atom. The average molecular weight is 451 g/mol. The molecule has 0 amide bonds. The summed E-state index contributed by atoms with van der Waals surface area (Å²) in [5.74, 6) is 0. The zero-order chi connectivity index (χ0) is 2.00. The molecule has 0 aromatic heterocycles. The van der Waals surface area contributed by atoms with Crippen molar-refractivity contribution in [2.45, 2.75) is 0 Å². The summed E-state index contributed by atoms with van der Waals surface area (Å²) in [6.45, 7) is 0. The average Bonchev–Trinajstić information content (AvgIpc) is 1.00. The molecule has 0 bridgehead atoms. The summed E-state index contributed by atoms with van der Waals surface area (Å²) in [7, 11) is 0. The second-order valence-electron chi connectivity index (χ2n) is 0. The van der Waals surface area contributed by atoms with E-state index in [0.29, 0.717) is 0 Å². The van der Waals surface area contributed by atoms with Crippen LogP contribution >= 0.6 is 0 Å². The molecule has 20 valence electrons. The second kappa shape index (κ2) is 25.5. The summed E-state index contributed by atoms with van der Waals surface area (Å²) >= 11 is 0.194. The van der Waals surface area contributed by atoms with Gasteiger partial charge in [-0.1, -0.05) is 0 Å². The van der Waals surface area contributed by atoms with Gasteiger partial charge >= 0.3 is 53.8 Å². The largest absolute Gasteiger partial charge is 0 e. The van der Waals surface area contributed by atoms with Crippen molar-refractivity contribution >= 4 is 0 Å². The Kier molecular flexibility index (Phi) is 120. The van der Waals surface area contributed by atoms with E-state index >= 15 is 0 Å². The molecule has 0 atom stereocenters. The fourth-order valence-corrected chi connectivity index (χ4v) is 0. The van der Waals surface area contributed by atoms with Gasteiger partial charge in [-0.3, -0.25) is 0 Å². The van der Waals surface area contributed by atoms with Gasteiger partial charge in [0.25, 0.3) is 0 Å². The summed E-state index contributed by atoms with van der Waals surface area (Å²) < 4.78 is 8.36. The van der Waals surface area contributed by atoms with Gasteiger partial charge in [0, 0.05) is 61.8 Å². The van der Waals surface area contributed by atoms with Crippen LogP contribution in [-0.4, -0.2) is 0 Å². The topological polar surface area (TPSA) is 17.1 Å². The molecule has 1 radical (unpaired) electrons. The van der Waals surface area contributed by atoms with Crippen LogP contribution in [0.4, 0.5) is 0 Å². The molecule has 0 unspecified atom stereocenters. The molecule has 0 N–H and O–H groups in total. The van der Waals surface area contributed by atoms with Crippen LogP contribution in [0.15, 0.2) is 0 Å². The van der Waals surface area contributed by atoms with Gasteiger partial charge in [-0.25, -0.2) is 0 Å². The van der Waals surface area contributed by atoms with E-state index in [1.807, 2.05) is 0 Å². The maximum absolute atomic E-state index is 8.36. The smallest absolute Gasteiger partial charge is 0 e. The van der Waals surface area contributed by atoms with Crippen molar-refractivity contribution in [2.24, 2.45) is 0 Å². The first-order valence-corrected chi connectivity index (χ1v) is 1.49. The SMILES string of the molecule is [H-].[La].[Na+].[O]=[Ta].[Zr]. The van der Waals surface area contributed by atoms with Crippen molar-refractivity contribution in [3.8, 4) is 0 Å². The monoisotopic (exact) mass is 450 g/mol. The van der Waals surface area contributed by atoms with Crippen LogP contribution in [0.3, 0.4) is 0 Å². The molecule has 5 heavy (non-hydrogen) atoms. The van der Waals surface area contributed by atoms with Crippen LogP contribution in [0.1, 0.15) is 1.43 Å². The molecule has 0 spiro atoms. The molecule has 0 aliphatic heterocycles. The summed E-state index contributed by atoms with van der Waals surface area (Å²) in [6.07, 6.45) is 0. The number of hydrogen-bond donors (Lipinski definition) is 0. The van der Waals surface area contributed by atoms with Crippen molar-refractivity contribution in [1.82, 2.24) is 0 Å². The van der Waals surface area contributed by atoms with Crippen LogP contribution in [-0.2, 0) is 50.5 Å². The number of rotatable bonds is 0. The fourth-order valence-electron chi connectivity index (χ4n) is 0. The minimum absolute atomic E-state index is 0. The Labute approximate surface area is 114 Å². The Balaban J connectivity index is -0.000000000833. The molecule has 0 fully saturated rings. The molecule has 0 aliphatic rings. The summed E-state index contributed by atoms with van der Waals surface area (Å²) in [4.78, 5) is 0. The Hall–Kier alpha value is 3.62. The van der Waals surface area contributed by atoms with Crippen LogP contribution in [0.2, 0.25) is 0 Å². The quantitative estimate of drug-likeness (QED) is 0.359. The maximum atomic E-state index is 8.36. The van der Waals surface area contributed by atoms with E-state index in [0.717, 1.165) is 0 Å². The van der Waals surface area contributed by atoms with Crippen LogP contribution in [0.25, 0.3) is 0 Å².